The van der Waals surface area contributed by atoms with Gasteiger partial charge in [0.2, 0.25) is 0 Å². The molecule has 1 aromatic heterocycles. The molecule has 2 aromatic rings. The second-order valence-corrected chi connectivity index (χ2v) is 4.42. The molecule has 0 saturated heterocycles. The average Bonchev–Trinajstić information content (AvgIpc) is 2.37. The highest BCUT2D eigenvalue weighted by molar-refractivity contribution is 6.32. The second-order valence-electron chi connectivity index (χ2n) is 3.98. The number of aliphatic hydroxyl groups excluding tert-OH is 1. The summed E-state index contributed by atoms with van der Waals surface area (Å²) in [7, 11) is 1.63. The number of aromatic nitrogens is 1. The monoisotopic (exact) mass is 264 g/mol. The van der Waals surface area contributed by atoms with Crippen LogP contribution in [0.25, 0.3) is 10.9 Å². The number of nitrogens with zero attached hydrogens (tertiary/aromatic N) is 2. The minimum atomic E-state index is -0.199. The molecule has 1 heterocycles. The summed E-state index contributed by atoms with van der Waals surface area (Å²) in [5.74, 6) is -0.199. The van der Waals surface area contributed by atoms with E-state index in [9.17, 15) is 4.79 Å². The molecule has 0 aliphatic rings. The van der Waals surface area contributed by atoms with E-state index in [4.69, 9.17) is 16.7 Å². The van der Waals surface area contributed by atoms with Crippen molar-refractivity contribution in [2.24, 2.45) is 0 Å². The number of pyridine rings is 1. The first-order valence-electron chi connectivity index (χ1n) is 5.54. The summed E-state index contributed by atoms with van der Waals surface area (Å²) < 4.78 is 0. The molecule has 0 unspecified atom stereocenters. The molecule has 5 heteroatoms. The van der Waals surface area contributed by atoms with Crippen LogP contribution in [0.4, 0.5) is 0 Å². The van der Waals surface area contributed by atoms with Gasteiger partial charge in [0, 0.05) is 30.2 Å². The number of hydrogen-bond acceptors (Lipinski definition) is 3. The van der Waals surface area contributed by atoms with Gasteiger partial charge < -0.3 is 10.0 Å². The van der Waals surface area contributed by atoms with Gasteiger partial charge in [-0.1, -0.05) is 17.7 Å². The maximum absolute atomic E-state index is 12.2. The normalized spacial score (nSPS) is 10.6. The lowest BCUT2D eigenvalue weighted by atomic mass is 10.1. The molecule has 4 nitrogen and oxygen atoms in total. The van der Waals surface area contributed by atoms with Gasteiger partial charge >= 0.3 is 0 Å². The van der Waals surface area contributed by atoms with E-state index < -0.39 is 0 Å². The van der Waals surface area contributed by atoms with Crippen molar-refractivity contribution in [2.75, 3.05) is 20.2 Å². The Morgan fingerprint density at radius 1 is 1.50 bits per heavy atom. The van der Waals surface area contributed by atoms with E-state index >= 15 is 0 Å². The topological polar surface area (TPSA) is 53.4 Å². The summed E-state index contributed by atoms with van der Waals surface area (Å²) >= 11 is 6.00. The summed E-state index contributed by atoms with van der Waals surface area (Å²) in [6, 6.07) is 7.03. The summed E-state index contributed by atoms with van der Waals surface area (Å²) in [5.41, 5.74) is 1.07. The van der Waals surface area contributed by atoms with Gasteiger partial charge in [0.1, 0.15) is 0 Å². The van der Waals surface area contributed by atoms with Crippen molar-refractivity contribution >= 4 is 28.4 Å². The van der Waals surface area contributed by atoms with Crippen molar-refractivity contribution in [1.82, 2.24) is 9.88 Å². The number of fused-ring (bicyclic) bond motifs is 1. The van der Waals surface area contributed by atoms with E-state index in [1.807, 2.05) is 6.07 Å². The smallest absolute Gasteiger partial charge is 0.255 e. The number of amides is 1. The molecular formula is C13H13ClN2O2. The van der Waals surface area contributed by atoms with Crippen LogP contribution < -0.4 is 0 Å². The lowest BCUT2D eigenvalue weighted by Gasteiger charge is -2.16. The maximum atomic E-state index is 12.2. The minimum absolute atomic E-state index is 0.0752. The molecule has 0 aliphatic heterocycles. The third kappa shape index (κ3) is 2.44. The molecule has 18 heavy (non-hydrogen) atoms. The van der Waals surface area contributed by atoms with Crippen LogP contribution in [-0.4, -0.2) is 41.1 Å². The number of carbonyl (C=O) groups is 1. The fourth-order valence-electron chi connectivity index (χ4n) is 1.78. The molecule has 0 radical (unpaired) electrons. The summed E-state index contributed by atoms with van der Waals surface area (Å²) in [5, 5.41) is 10.2. The van der Waals surface area contributed by atoms with Gasteiger partial charge in [-0.2, -0.15) is 0 Å². The van der Waals surface area contributed by atoms with Gasteiger partial charge in [-0.05, 0) is 18.2 Å². The fraction of sp³-hybridized carbons (Fsp3) is 0.231. The van der Waals surface area contributed by atoms with Crippen LogP contribution >= 0.6 is 11.6 Å². The van der Waals surface area contributed by atoms with Crippen LogP contribution in [0.15, 0.2) is 30.5 Å². The maximum Gasteiger partial charge on any atom is 0.255 e. The highest BCUT2D eigenvalue weighted by Gasteiger charge is 2.16. The van der Waals surface area contributed by atoms with Crippen molar-refractivity contribution in [3.05, 3.63) is 41.0 Å². The van der Waals surface area contributed by atoms with E-state index in [-0.39, 0.29) is 19.1 Å². The Labute approximate surface area is 110 Å². The van der Waals surface area contributed by atoms with Gasteiger partial charge in [0.15, 0.2) is 0 Å². The number of carbonyl (C=O) groups excluding carboxylic acids is 1. The Kier molecular flexibility index (Phi) is 3.79. The van der Waals surface area contributed by atoms with Crippen LogP contribution in [0, 0.1) is 0 Å². The predicted octanol–water partition coefficient (Wildman–Crippen LogP) is 1.95. The van der Waals surface area contributed by atoms with Crippen LogP contribution in [0.1, 0.15) is 10.4 Å². The number of benzene rings is 1. The van der Waals surface area contributed by atoms with E-state index in [1.165, 1.54) is 4.90 Å². The zero-order valence-corrected chi connectivity index (χ0v) is 10.7. The molecule has 0 saturated carbocycles. The molecule has 1 amide bonds. The number of rotatable bonds is 3. The number of aliphatic hydroxyl groups is 1. The molecule has 2 rings (SSSR count). The van der Waals surface area contributed by atoms with Crippen LogP contribution in [-0.2, 0) is 0 Å². The van der Waals surface area contributed by atoms with Crippen LogP contribution in [0.5, 0.6) is 0 Å². The first-order valence-corrected chi connectivity index (χ1v) is 5.92. The third-order valence-electron chi connectivity index (χ3n) is 2.68. The quantitative estimate of drug-likeness (QED) is 0.922. The molecule has 1 N–H and O–H groups in total. The first kappa shape index (κ1) is 12.8. The van der Waals surface area contributed by atoms with E-state index in [1.54, 1.807) is 31.4 Å². The Bertz CT molecular complexity index is 586. The van der Waals surface area contributed by atoms with E-state index in [0.717, 1.165) is 5.39 Å². The predicted molar refractivity (Wildman–Crippen MR) is 70.8 cm³/mol. The SMILES string of the molecule is CN(CCO)C(=O)c1cc(Cl)cc2cccnc12. The fourth-order valence-corrected chi connectivity index (χ4v) is 2.00. The Morgan fingerprint density at radius 2 is 2.28 bits per heavy atom. The van der Waals surface area contributed by atoms with Crippen molar-refractivity contribution in [2.45, 2.75) is 0 Å². The Balaban J connectivity index is 2.53. The second kappa shape index (κ2) is 5.33. The summed E-state index contributed by atoms with van der Waals surface area (Å²) in [6.07, 6.45) is 1.64. The first-order chi connectivity index (χ1) is 8.63. The lowest BCUT2D eigenvalue weighted by Crippen LogP contribution is -2.29. The number of hydrogen-bond donors (Lipinski definition) is 1. The van der Waals surface area contributed by atoms with Gasteiger partial charge in [-0.15, -0.1) is 0 Å². The van der Waals surface area contributed by atoms with E-state index in [2.05, 4.69) is 4.98 Å². The average molecular weight is 265 g/mol. The van der Waals surface area contributed by atoms with Crippen molar-refractivity contribution < 1.29 is 9.90 Å². The molecule has 0 bridgehead atoms. The molecule has 0 aliphatic carbocycles. The lowest BCUT2D eigenvalue weighted by molar-refractivity contribution is 0.0768. The highest BCUT2D eigenvalue weighted by Crippen LogP contribution is 2.23. The van der Waals surface area contributed by atoms with Crippen LogP contribution in [0.2, 0.25) is 5.02 Å². The molecule has 94 valence electrons. The minimum Gasteiger partial charge on any atom is -0.395 e. The van der Waals surface area contributed by atoms with Gasteiger partial charge in [-0.25, -0.2) is 0 Å². The van der Waals surface area contributed by atoms with Crippen LogP contribution in [0.3, 0.4) is 0 Å². The number of halogens is 1. The standard InChI is InChI=1S/C13H13ClN2O2/c1-16(5-6-17)13(18)11-8-10(14)7-9-3-2-4-15-12(9)11/h2-4,7-8,17H,5-6H2,1H3. The van der Waals surface area contributed by atoms with E-state index in [0.29, 0.717) is 16.1 Å². The largest absolute Gasteiger partial charge is 0.395 e. The van der Waals surface area contributed by atoms with Gasteiger partial charge in [0.25, 0.3) is 5.91 Å². The summed E-state index contributed by atoms with van der Waals surface area (Å²) in [4.78, 5) is 17.9. The molecule has 0 atom stereocenters. The molecule has 0 fully saturated rings. The Hall–Kier alpha value is -1.65. The highest BCUT2D eigenvalue weighted by atomic mass is 35.5. The zero-order chi connectivity index (χ0) is 13.1. The molecule has 1 aromatic carbocycles. The van der Waals surface area contributed by atoms with Crippen molar-refractivity contribution in [3.8, 4) is 0 Å². The zero-order valence-electron chi connectivity index (χ0n) is 9.93. The van der Waals surface area contributed by atoms with Gasteiger partial charge in [-0.3, -0.25) is 9.78 Å². The third-order valence-corrected chi connectivity index (χ3v) is 2.90. The summed E-state index contributed by atoms with van der Waals surface area (Å²) in [6.45, 7) is 0.202. The molecular weight excluding hydrogens is 252 g/mol. The van der Waals surface area contributed by atoms with Crippen molar-refractivity contribution in [1.29, 1.82) is 0 Å². The van der Waals surface area contributed by atoms with Crippen molar-refractivity contribution in [3.63, 3.8) is 0 Å². The number of likely N-dealkylation sites (N-methyl/N-ethyl adjacent to an activating group) is 1. The molecule has 0 spiro atoms. The van der Waals surface area contributed by atoms with Gasteiger partial charge in [0.05, 0.1) is 17.7 Å². The Morgan fingerprint density at radius 3 is 3.00 bits per heavy atom.